The molecule has 0 saturated heterocycles. The summed E-state index contributed by atoms with van der Waals surface area (Å²) < 4.78 is 0. The van der Waals surface area contributed by atoms with Gasteiger partial charge in [-0.15, -0.1) is 12.4 Å². The number of rotatable bonds is 5. The van der Waals surface area contributed by atoms with Gasteiger partial charge in [-0.05, 0) is 6.26 Å². The average Bonchev–Trinajstić information content (AvgIpc) is 2.59. The van der Waals surface area contributed by atoms with Crippen molar-refractivity contribution in [2.45, 2.75) is 32.7 Å². The van der Waals surface area contributed by atoms with Gasteiger partial charge in [0.05, 0.1) is 6.20 Å². The lowest BCUT2D eigenvalue weighted by atomic mass is 9.89. The van der Waals surface area contributed by atoms with Crippen LogP contribution in [0.2, 0.25) is 0 Å². The molecule has 1 heterocycles. The second-order valence-electron chi connectivity index (χ2n) is 4.69. The van der Waals surface area contributed by atoms with Gasteiger partial charge in [-0.25, -0.2) is 0 Å². The van der Waals surface area contributed by atoms with Crippen molar-refractivity contribution in [3.63, 3.8) is 0 Å². The Bertz CT molecular complexity index is 294. The Labute approximate surface area is 109 Å². The van der Waals surface area contributed by atoms with Crippen LogP contribution >= 0.6 is 24.2 Å². The van der Waals surface area contributed by atoms with Gasteiger partial charge in [0.15, 0.2) is 0 Å². The van der Waals surface area contributed by atoms with E-state index in [4.69, 9.17) is 0 Å². The molecule has 0 aliphatic carbocycles. The van der Waals surface area contributed by atoms with Crippen molar-refractivity contribution in [3.05, 3.63) is 17.5 Å². The van der Waals surface area contributed by atoms with E-state index in [1.807, 2.05) is 18.0 Å². The molecule has 94 valence electrons. The highest BCUT2D eigenvalue weighted by Gasteiger charge is 2.19. The molecule has 0 saturated carbocycles. The number of hydrogen-bond acceptors (Lipinski definition) is 3. The van der Waals surface area contributed by atoms with E-state index in [0.29, 0.717) is 0 Å². The molecule has 5 heteroatoms. The van der Waals surface area contributed by atoms with Crippen LogP contribution in [0.25, 0.3) is 0 Å². The number of H-pyrrole nitrogens is 1. The van der Waals surface area contributed by atoms with Crippen molar-refractivity contribution < 1.29 is 0 Å². The van der Waals surface area contributed by atoms with E-state index in [2.05, 4.69) is 42.5 Å². The summed E-state index contributed by atoms with van der Waals surface area (Å²) in [6, 6.07) is 0. The van der Waals surface area contributed by atoms with Crippen LogP contribution in [0.3, 0.4) is 0 Å². The first kappa shape index (κ1) is 15.8. The minimum Gasteiger partial charge on any atom is -0.312 e. The number of nitrogens with one attached hydrogen (secondary N) is 2. The predicted octanol–water partition coefficient (Wildman–Crippen LogP) is 2.58. The second kappa shape index (κ2) is 7.20. The monoisotopic (exact) mass is 263 g/mol. The maximum absolute atomic E-state index is 4.12. The number of aromatic nitrogens is 2. The van der Waals surface area contributed by atoms with Gasteiger partial charge in [-0.1, -0.05) is 20.8 Å². The predicted molar refractivity (Wildman–Crippen MR) is 74.6 cm³/mol. The summed E-state index contributed by atoms with van der Waals surface area (Å²) in [5.74, 6) is 1.16. The van der Waals surface area contributed by atoms with Gasteiger partial charge in [-0.3, -0.25) is 5.10 Å². The first-order valence-corrected chi connectivity index (χ1v) is 6.67. The normalized spacial score (nSPS) is 11.2. The first-order valence-electron chi connectivity index (χ1n) is 5.28. The van der Waals surface area contributed by atoms with Crippen molar-refractivity contribution in [1.82, 2.24) is 15.5 Å². The Morgan fingerprint density at radius 1 is 1.44 bits per heavy atom. The zero-order valence-electron chi connectivity index (χ0n) is 10.5. The number of nitrogens with zero attached hydrogens (tertiary/aromatic N) is 1. The van der Waals surface area contributed by atoms with E-state index in [9.17, 15) is 0 Å². The topological polar surface area (TPSA) is 40.7 Å². The average molecular weight is 264 g/mol. The van der Waals surface area contributed by atoms with Gasteiger partial charge in [-0.2, -0.15) is 16.9 Å². The highest BCUT2D eigenvalue weighted by atomic mass is 35.5. The molecule has 1 rings (SSSR count). The van der Waals surface area contributed by atoms with Crippen LogP contribution in [0, 0.1) is 0 Å². The van der Waals surface area contributed by atoms with Crippen LogP contribution in [-0.4, -0.2) is 28.8 Å². The molecule has 1 aromatic heterocycles. The van der Waals surface area contributed by atoms with E-state index in [1.165, 1.54) is 11.3 Å². The molecule has 0 aliphatic rings. The zero-order valence-corrected chi connectivity index (χ0v) is 12.1. The molecule has 0 bridgehead atoms. The molecular weight excluding hydrogens is 242 g/mol. The smallest absolute Gasteiger partial charge is 0.0535 e. The SMILES string of the molecule is CSCCNCc1cn[nH]c1C(C)(C)C.Cl. The number of aromatic amines is 1. The Morgan fingerprint density at radius 2 is 2.12 bits per heavy atom. The fraction of sp³-hybridized carbons (Fsp3) is 0.727. The van der Waals surface area contributed by atoms with E-state index >= 15 is 0 Å². The summed E-state index contributed by atoms with van der Waals surface area (Å²) in [4.78, 5) is 0. The first-order chi connectivity index (χ1) is 7.05. The van der Waals surface area contributed by atoms with E-state index in [-0.39, 0.29) is 17.8 Å². The highest BCUT2D eigenvalue weighted by Crippen LogP contribution is 2.22. The summed E-state index contributed by atoms with van der Waals surface area (Å²) in [6.45, 7) is 8.56. The summed E-state index contributed by atoms with van der Waals surface area (Å²) in [5, 5.41) is 10.6. The molecule has 0 fully saturated rings. The molecule has 0 aromatic carbocycles. The zero-order chi connectivity index (χ0) is 11.3. The molecule has 0 unspecified atom stereocenters. The lowest BCUT2D eigenvalue weighted by Crippen LogP contribution is -2.20. The van der Waals surface area contributed by atoms with Crippen LogP contribution in [0.15, 0.2) is 6.20 Å². The fourth-order valence-electron chi connectivity index (χ4n) is 1.49. The van der Waals surface area contributed by atoms with E-state index in [0.717, 1.165) is 18.8 Å². The van der Waals surface area contributed by atoms with Crippen LogP contribution in [0.4, 0.5) is 0 Å². The highest BCUT2D eigenvalue weighted by molar-refractivity contribution is 7.98. The molecule has 16 heavy (non-hydrogen) atoms. The maximum atomic E-state index is 4.12. The molecule has 0 atom stereocenters. The third-order valence-corrected chi connectivity index (χ3v) is 2.88. The minimum absolute atomic E-state index is 0. The van der Waals surface area contributed by atoms with Crippen LogP contribution in [0.1, 0.15) is 32.0 Å². The van der Waals surface area contributed by atoms with Crippen LogP contribution in [-0.2, 0) is 12.0 Å². The molecule has 0 aliphatic heterocycles. The molecule has 0 spiro atoms. The molecular formula is C11H22ClN3S. The maximum Gasteiger partial charge on any atom is 0.0535 e. The third-order valence-electron chi connectivity index (χ3n) is 2.27. The Kier molecular flexibility index (Phi) is 7.11. The molecule has 2 N–H and O–H groups in total. The molecule has 0 amide bonds. The quantitative estimate of drug-likeness (QED) is 0.803. The van der Waals surface area contributed by atoms with Gasteiger partial charge in [0, 0.05) is 35.5 Å². The number of thioether (sulfide) groups is 1. The van der Waals surface area contributed by atoms with Crippen molar-refractivity contribution in [2.75, 3.05) is 18.6 Å². The van der Waals surface area contributed by atoms with E-state index < -0.39 is 0 Å². The Hall–Kier alpha value is -0.190. The number of halogens is 1. The summed E-state index contributed by atoms with van der Waals surface area (Å²) >= 11 is 1.86. The summed E-state index contributed by atoms with van der Waals surface area (Å²) in [6.07, 6.45) is 4.05. The summed E-state index contributed by atoms with van der Waals surface area (Å²) in [5.41, 5.74) is 2.66. The molecule has 3 nitrogen and oxygen atoms in total. The van der Waals surface area contributed by atoms with Crippen molar-refractivity contribution in [2.24, 2.45) is 0 Å². The fourth-order valence-corrected chi connectivity index (χ4v) is 1.84. The van der Waals surface area contributed by atoms with Gasteiger partial charge < -0.3 is 5.32 Å². The molecule has 1 aromatic rings. The van der Waals surface area contributed by atoms with Crippen molar-refractivity contribution in [1.29, 1.82) is 0 Å². The Balaban J connectivity index is 0.00000225. The van der Waals surface area contributed by atoms with Gasteiger partial charge in [0.25, 0.3) is 0 Å². The van der Waals surface area contributed by atoms with Crippen LogP contribution in [0.5, 0.6) is 0 Å². The number of hydrogen-bond donors (Lipinski definition) is 2. The molecule has 0 radical (unpaired) electrons. The van der Waals surface area contributed by atoms with Crippen LogP contribution < -0.4 is 5.32 Å². The van der Waals surface area contributed by atoms with Gasteiger partial charge >= 0.3 is 0 Å². The van der Waals surface area contributed by atoms with Crippen molar-refractivity contribution >= 4 is 24.2 Å². The lowest BCUT2D eigenvalue weighted by Gasteiger charge is -2.18. The van der Waals surface area contributed by atoms with Gasteiger partial charge in [0.1, 0.15) is 0 Å². The van der Waals surface area contributed by atoms with Gasteiger partial charge in [0.2, 0.25) is 0 Å². The lowest BCUT2D eigenvalue weighted by molar-refractivity contribution is 0.555. The third kappa shape index (κ3) is 4.76. The Morgan fingerprint density at radius 3 is 2.69 bits per heavy atom. The van der Waals surface area contributed by atoms with E-state index in [1.54, 1.807) is 0 Å². The largest absolute Gasteiger partial charge is 0.312 e. The second-order valence-corrected chi connectivity index (χ2v) is 5.68. The summed E-state index contributed by atoms with van der Waals surface area (Å²) in [7, 11) is 0. The standard InChI is InChI=1S/C11H21N3S.ClH/c1-11(2,3)10-9(8-13-14-10)7-12-5-6-15-4;/h8,12H,5-7H2,1-4H3,(H,13,14);1H. The minimum atomic E-state index is 0. The van der Waals surface area contributed by atoms with Crippen molar-refractivity contribution in [3.8, 4) is 0 Å².